The van der Waals surface area contributed by atoms with Crippen LogP contribution in [0.3, 0.4) is 0 Å². The number of methoxy groups -OCH3 is 1. The van der Waals surface area contributed by atoms with E-state index in [1.54, 1.807) is 30.3 Å². The van der Waals surface area contributed by atoms with Crippen molar-refractivity contribution in [2.24, 2.45) is 10.2 Å². The number of fused-ring (bicyclic) bond motifs is 1. The van der Waals surface area contributed by atoms with Crippen molar-refractivity contribution in [3.05, 3.63) is 59.7 Å². The first-order valence-electron chi connectivity index (χ1n) is 9.16. The number of carbonyl (C=O) groups excluding carboxylic acids is 3. The zero-order valence-electron chi connectivity index (χ0n) is 16.7. The summed E-state index contributed by atoms with van der Waals surface area (Å²) in [4.78, 5) is 35.4. The highest BCUT2D eigenvalue weighted by atomic mass is 16.5. The van der Waals surface area contributed by atoms with Gasteiger partial charge in [0.1, 0.15) is 12.3 Å². The van der Waals surface area contributed by atoms with Gasteiger partial charge in [0.15, 0.2) is 11.5 Å². The van der Waals surface area contributed by atoms with Crippen molar-refractivity contribution in [1.29, 1.82) is 0 Å². The number of benzene rings is 3. The first-order chi connectivity index (χ1) is 14.8. The molecule has 3 rings (SSSR count). The summed E-state index contributed by atoms with van der Waals surface area (Å²) in [6.07, 6.45) is 0. The lowest BCUT2D eigenvalue weighted by Gasteiger charge is -2.11. The highest BCUT2D eigenvalue weighted by Gasteiger charge is 2.17. The van der Waals surface area contributed by atoms with Crippen LogP contribution in [0.2, 0.25) is 0 Å². The molecule has 31 heavy (non-hydrogen) atoms. The normalized spacial score (nSPS) is 10.9. The van der Waals surface area contributed by atoms with Crippen molar-refractivity contribution in [3.8, 4) is 5.75 Å². The number of aliphatic hydroxyl groups is 1. The second kappa shape index (κ2) is 9.14. The zero-order chi connectivity index (χ0) is 22.5. The lowest BCUT2D eigenvalue weighted by Crippen LogP contribution is -2.07. The van der Waals surface area contributed by atoms with Gasteiger partial charge in [-0.05, 0) is 29.7 Å². The monoisotopic (exact) mass is 421 g/mol. The molecule has 0 saturated heterocycles. The number of hydrogen-bond acceptors (Lipinski definition) is 8. The Kier molecular flexibility index (Phi) is 6.37. The number of phenols is 1. The molecule has 0 unspecified atom stereocenters. The maximum Gasteiger partial charge on any atom is 0.337 e. The summed E-state index contributed by atoms with van der Waals surface area (Å²) < 4.78 is 4.68. The van der Waals surface area contributed by atoms with Crippen LogP contribution >= 0.6 is 0 Å². The molecular formula is C22H19N3O6. The van der Waals surface area contributed by atoms with Crippen LogP contribution in [-0.2, 0) is 9.53 Å². The maximum absolute atomic E-state index is 12.1. The molecule has 9 heteroatoms. The number of ketones is 1. The Bertz CT molecular complexity index is 1220. The fourth-order valence-corrected chi connectivity index (χ4v) is 2.99. The van der Waals surface area contributed by atoms with E-state index in [0.29, 0.717) is 10.8 Å². The Morgan fingerprint density at radius 2 is 1.81 bits per heavy atom. The molecule has 0 aliphatic rings. The Morgan fingerprint density at radius 1 is 1.06 bits per heavy atom. The minimum atomic E-state index is -0.758. The highest BCUT2D eigenvalue weighted by Crippen LogP contribution is 2.42. The van der Waals surface area contributed by atoms with Gasteiger partial charge < -0.3 is 20.3 Å². The molecule has 0 fully saturated rings. The first kappa shape index (κ1) is 21.6. The lowest BCUT2D eigenvalue weighted by atomic mass is 10.1. The molecule has 0 radical (unpaired) electrons. The van der Waals surface area contributed by atoms with Gasteiger partial charge in [-0.15, -0.1) is 10.2 Å². The number of carbonyl (C=O) groups is 3. The van der Waals surface area contributed by atoms with Crippen LogP contribution in [0.4, 0.5) is 17.1 Å². The molecule has 0 aliphatic carbocycles. The summed E-state index contributed by atoms with van der Waals surface area (Å²) in [6.45, 7) is 0.549. The fourth-order valence-electron chi connectivity index (χ4n) is 2.99. The number of esters is 1. The number of phenolic OH excluding ortho intramolecular Hbond substituents is 1. The van der Waals surface area contributed by atoms with Crippen molar-refractivity contribution in [2.45, 2.75) is 6.92 Å². The maximum atomic E-state index is 12.1. The van der Waals surface area contributed by atoms with E-state index >= 15 is 0 Å². The molecule has 3 aromatic carbocycles. The van der Waals surface area contributed by atoms with Crippen molar-refractivity contribution in [2.75, 3.05) is 19.0 Å². The van der Waals surface area contributed by atoms with Gasteiger partial charge in [0.2, 0.25) is 5.91 Å². The minimum absolute atomic E-state index is 0.00959. The molecule has 9 nitrogen and oxygen atoms in total. The topological polar surface area (TPSA) is 138 Å². The van der Waals surface area contributed by atoms with Gasteiger partial charge in [-0.2, -0.15) is 0 Å². The summed E-state index contributed by atoms with van der Waals surface area (Å²) in [5.41, 5.74) is 0.394. The van der Waals surface area contributed by atoms with Crippen LogP contribution in [0.1, 0.15) is 27.6 Å². The van der Waals surface area contributed by atoms with E-state index in [4.69, 9.17) is 0 Å². The molecule has 0 heterocycles. The molecule has 158 valence electrons. The average molecular weight is 421 g/mol. The van der Waals surface area contributed by atoms with Gasteiger partial charge >= 0.3 is 5.97 Å². The van der Waals surface area contributed by atoms with Gasteiger partial charge in [-0.25, -0.2) is 4.79 Å². The summed E-state index contributed by atoms with van der Waals surface area (Å²) >= 11 is 0. The molecule has 0 saturated carbocycles. The van der Waals surface area contributed by atoms with Crippen molar-refractivity contribution in [3.63, 3.8) is 0 Å². The van der Waals surface area contributed by atoms with Gasteiger partial charge in [0.25, 0.3) is 0 Å². The third kappa shape index (κ3) is 4.57. The van der Waals surface area contributed by atoms with Gasteiger partial charge in [0, 0.05) is 17.9 Å². The van der Waals surface area contributed by atoms with Crippen molar-refractivity contribution >= 4 is 45.5 Å². The Hall–Kier alpha value is -4.11. The Morgan fingerprint density at radius 3 is 2.48 bits per heavy atom. The van der Waals surface area contributed by atoms with Crippen LogP contribution in [0, 0.1) is 0 Å². The van der Waals surface area contributed by atoms with Gasteiger partial charge in [-0.3, -0.25) is 9.59 Å². The number of amides is 1. The predicted molar refractivity (Wildman–Crippen MR) is 113 cm³/mol. The van der Waals surface area contributed by atoms with E-state index in [1.165, 1.54) is 32.2 Å². The molecular weight excluding hydrogens is 402 g/mol. The van der Waals surface area contributed by atoms with Crippen LogP contribution in [-0.4, -0.2) is 41.6 Å². The Balaban J connectivity index is 2.19. The zero-order valence-corrected chi connectivity index (χ0v) is 16.7. The quantitative estimate of drug-likeness (QED) is 0.239. The molecule has 0 aliphatic heterocycles. The van der Waals surface area contributed by atoms with Crippen LogP contribution in [0.25, 0.3) is 10.8 Å². The fraction of sp³-hybridized carbons (Fsp3) is 0.136. The molecule has 0 spiro atoms. The molecule has 0 bridgehead atoms. The van der Waals surface area contributed by atoms with Gasteiger partial charge in [-0.1, -0.05) is 24.3 Å². The van der Waals surface area contributed by atoms with E-state index in [0.717, 1.165) is 0 Å². The van der Waals surface area contributed by atoms with Crippen molar-refractivity contribution in [1.82, 2.24) is 0 Å². The van der Waals surface area contributed by atoms with Crippen LogP contribution < -0.4 is 5.32 Å². The number of anilines is 1. The Labute approximate surface area is 177 Å². The number of hydrogen-bond donors (Lipinski definition) is 3. The number of azo groups is 1. The number of aromatic hydroxyl groups is 1. The molecule has 3 aromatic rings. The summed E-state index contributed by atoms with van der Waals surface area (Å²) in [5.74, 6) is -1.95. The number of rotatable bonds is 6. The van der Waals surface area contributed by atoms with Gasteiger partial charge in [0.05, 0.1) is 24.0 Å². The van der Waals surface area contributed by atoms with Crippen LogP contribution in [0.5, 0.6) is 5.75 Å². The second-order valence-corrected chi connectivity index (χ2v) is 6.53. The third-order valence-corrected chi connectivity index (χ3v) is 4.43. The molecule has 1 amide bonds. The summed E-state index contributed by atoms with van der Waals surface area (Å²) in [6, 6.07) is 12.6. The van der Waals surface area contributed by atoms with E-state index in [-0.39, 0.29) is 39.8 Å². The number of ether oxygens (including phenoxy) is 1. The third-order valence-electron chi connectivity index (χ3n) is 4.43. The summed E-state index contributed by atoms with van der Waals surface area (Å²) in [7, 11) is 1.22. The SMILES string of the molecule is COC(=O)c1ccc(C(=O)CO)c(N=Nc2c(O)c(NC(C)=O)cc3ccccc23)c1. The van der Waals surface area contributed by atoms with E-state index < -0.39 is 18.4 Å². The largest absolute Gasteiger partial charge is 0.504 e. The smallest absolute Gasteiger partial charge is 0.337 e. The molecule has 0 aromatic heterocycles. The first-order valence-corrected chi connectivity index (χ1v) is 9.16. The minimum Gasteiger partial charge on any atom is -0.504 e. The standard InChI is InChI=1S/C22H19N3O6/c1-12(27)23-18-9-13-5-3-4-6-15(13)20(21(18)29)25-24-17-10-14(22(30)31-2)7-8-16(17)19(28)11-26/h3-10,26,29H,11H2,1-2H3,(H,23,27). The molecule has 3 N–H and O–H groups in total. The lowest BCUT2D eigenvalue weighted by molar-refractivity contribution is -0.114. The van der Waals surface area contributed by atoms with Crippen LogP contribution in [0.15, 0.2) is 58.8 Å². The number of nitrogens with one attached hydrogen (secondary N) is 1. The molecule has 0 atom stereocenters. The number of Topliss-reactive ketones (excluding diaryl/α,β-unsaturated/α-hetero) is 1. The van der Waals surface area contributed by atoms with E-state index in [1.807, 2.05) is 0 Å². The predicted octanol–water partition coefficient (Wildman–Crippen LogP) is 3.88. The van der Waals surface area contributed by atoms with E-state index in [9.17, 15) is 24.6 Å². The highest BCUT2D eigenvalue weighted by molar-refractivity contribution is 6.04. The van der Waals surface area contributed by atoms with E-state index in [2.05, 4.69) is 20.3 Å². The number of nitrogens with zero attached hydrogens (tertiary/aromatic N) is 2. The van der Waals surface area contributed by atoms with Crippen molar-refractivity contribution < 1.29 is 29.3 Å². The number of aliphatic hydroxyl groups excluding tert-OH is 1. The average Bonchev–Trinajstić information content (AvgIpc) is 2.77. The second-order valence-electron chi connectivity index (χ2n) is 6.53. The summed E-state index contributed by atoms with van der Waals surface area (Å²) in [5, 5.41) is 31.9.